The highest BCUT2D eigenvalue weighted by Gasteiger charge is 2.15. The molecule has 0 amide bonds. The van der Waals surface area contributed by atoms with Gasteiger partial charge in [-0.25, -0.2) is 13.2 Å². The van der Waals surface area contributed by atoms with Crippen molar-refractivity contribution in [2.45, 2.75) is 0 Å². The molecule has 0 aliphatic rings. The van der Waals surface area contributed by atoms with Crippen LogP contribution in [0.15, 0.2) is 34.8 Å². The van der Waals surface area contributed by atoms with E-state index >= 15 is 0 Å². The summed E-state index contributed by atoms with van der Waals surface area (Å²) in [5, 5.41) is 2.39. The van der Waals surface area contributed by atoms with E-state index < -0.39 is 23.1 Å². The second-order valence-corrected chi connectivity index (χ2v) is 4.61. The molecule has 0 saturated carbocycles. The molecule has 0 unspecified atom stereocenters. The number of anilines is 2. The van der Waals surface area contributed by atoms with Crippen molar-refractivity contribution in [1.82, 2.24) is 0 Å². The van der Waals surface area contributed by atoms with Crippen LogP contribution in [0.5, 0.6) is 0 Å². The number of carbonyl (C=O) groups is 1. The molecule has 0 heterocycles. The number of halogens is 4. The van der Waals surface area contributed by atoms with Crippen LogP contribution in [-0.2, 0) is 0 Å². The smallest absolute Gasteiger partial charge is 0.182 e. The SMILES string of the molecule is O=Cc1ccc(F)c(F)c1Nc1ccc(Br)cc1F. The highest BCUT2D eigenvalue weighted by atomic mass is 79.9. The maximum Gasteiger partial charge on any atom is 0.182 e. The minimum atomic E-state index is -1.23. The van der Waals surface area contributed by atoms with Gasteiger partial charge in [-0.1, -0.05) is 15.9 Å². The van der Waals surface area contributed by atoms with Crippen molar-refractivity contribution in [1.29, 1.82) is 0 Å². The van der Waals surface area contributed by atoms with Crippen LogP contribution in [0.1, 0.15) is 10.4 Å². The van der Waals surface area contributed by atoms with Crippen LogP contribution >= 0.6 is 15.9 Å². The minimum absolute atomic E-state index is 0.0594. The minimum Gasteiger partial charge on any atom is -0.350 e. The van der Waals surface area contributed by atoms with Gasteiger partial charge in [0.1, 0.15) is 5.82 Å². The van der Waals surface area contributed by atoms with Gasteiger partial charge >= 0.3 is 0 Å². The van der Waals surface area contributed by atoms with Gasteiger partial charge in [-0.05, 0) is 30.3 Å². The van der Waals surface area contributed by atoms with Gasteiger partial charge in [0.25, 0.3) is 0 Å². The molecule has 0 atom stereocenters. The van der Waals surface area contributed by atoms with Gasteiger partial charge in [0.05, 0.1) is 11.4 Å². The molecule has 6 heteroatoms. The third-order valence-corrected chi connectivity index (χ3v) is 2.94. The number of aldehydes is 1. The van der Waals surface area contributed by atoms with Crippen LogP contribution in [0.25, 0.3) is 0 Å². The number of nitrogens with one attached hydrogen (secondary N) is 1. The molecule has 0 aliphatic heterocycles. The normalized spacial score (nSPS) is 10.3. The van der Waals surface area contributed by atoms with Crippen molar-refractivity contribution in [2.24, 2.45) is 0 Å². The molecule has 19 heavy (non-hydrogen) atoms. The molecule has 2 nitrogen and oxygen atoms in total. The van der Waals surface area contributed by atoms with Crippen LogP contribution in [0.4, 0.5) is 24.5 Å². The fraction of sp³-hybridized carbons (Fsp3) is 0. The lowest BCUT2D eigenvalue weighted by Gasteiger charge is -2.11. The molecule has 98 valence electrons. The summed E-state index contributed by atoms with van der Waals surface area (Å²) in [5.74, 6) is -3.01. The molecule has 0 saturated heterocycles. The van der Waals surface area contributed by atoms with Crippen molar-refractivity contribution in [3.63, 3.8) is 0 Å². The lowest BCUT2D eigenvalue weighted by molar-refractivity contribution is 0.112. The van der Waals surface area contributed by atoms with E-state index in [1.54, 1.807) is 0 Å². The predicted molar refractivity (Wildman–Crippen MR) is 69.1 cm³/mol. The van der Waals surface area contributed by atoms with Crippen LogP contribution in [0.2, 0.25) is 0 Å². The van der Waals surface area contributed by atoms with Crippen LogP contribution in [0.3, 0.4) is 0 Å². The number of hydrogen-bond donors (Lipinski definition) is 1. The number of rotatable bonds is 3. The molecule has 0 bridgehead atoms. The molecule has 2 aromatic carbocycles. The van der Waals surface area contributed by atoms with Gasteiger partial charge in [-0.2, -0.15) is 0 Å². The summed E-state index contributed by atoms with van der Waals surface area (Å²) in [5.41, 5.74) is -0.548. The number of carbonyl (C=O) groups excluding carboxylic acids is 1. The summed E-state index contributed by atoms with van der Waals surface area (Å²) in [6.45, 7) is 0. The molecule has 0 spiro atoms. The summed E-state index contributed by atoms with van der Waals surface area (Å²) in [7, 11) is 0. The standard InChI is InChI=1S/C13H7BrF3NO/c14-8-2-4-11(10(16)5-8)18-13-7(6-19)1-3-9(15)12(13)17/h1-6,18H. The maximum atomic E-state index is 13.6. The van der Waals surface area contributed by atoms with E-state index in [0.29, 0.717) is 10.8 Å². The topological polar surface area (TPSA) is 29.1 Å². The molecule has 0 aromatic heterocycles. The maximum absolute atomic E-state index is 13.6. The molecule has 2 aromatic rings. The van der Waals surface area contributed by atoms with Crippen molar-refractivity contribution in [3.8, 4) is 0 Å². The zero-order valence-corrected chi connectivity index (χ0v) is 11.0. The summed E-state index contributed by atoms with van der Waals surface area (Å²) >= 11 is 3.08. The highest BCUT2D eigenvalue weighted by Crippen LogP contribution is 2.28. The largest absolute Gasteiger partial charge is 0.350 e. The van der Waals surface area contributed by atoms with Crippen molar-refractivity contribution < 1.29 is 18.0 Å². The molecular weight excluding hydrogens is 323 g/mol. The van der Waals surface area contributed by atoms with Crippen LogP contribution < -0.4 is 5.32 Å². The molecule has 0 aliphatic carbocycles. The molecule has 2 rings (SSSR count). The van der Waals surface area contributed by atoms with E-state index in [1.807, 2.05) is 0 Å². The van der Waals surface area contributed by atoms with Crippen molar-refractivity contribution in [2.75, 3.05) is 5.32 Å². The Morgan fingerprint density at radius 2 is 1.79 bits per heavy atom. The quantitative estimate of drug-likeness (QED) is 0.844. The predicted octanol–water partition coefficient (Wildman–Crippen LogP) is 4.42. The monoisotopic (exact) mass is 329 g/mol. The van der Waals surface area contributed by atoms with E-state index in [0.717, 1.165) is 12.1 Å². The fourth-order valence-electron chi connectivity index (χ4n) is 1.52. The Bertz CT molecular complexity index is 646. The van der Waals surface area contributed by atoms with Gasteiger partial charge in [0.2, 0.25) is 0 Å². The fourth-order valence-corrected chi connectivity index (χ4v) is 1.85. The Morgan fingerprint density at radius 1 is 1.05 bits per heavy atom. The summed E-state index contributed by atoms with van der Waals surface area (Å²) < 4.78 is 40.9. The first-order valence-electron chi connectivity index (χ1n) is 5.18. The van der Waals surface area contributed by atoms with E-state index in [9.17, 15) is 18.0 Å². The first-order chi connectivity index (χ1) is 9.02. The van der Waals surface area contributed by atoms with Gasteiger partial charge in [0.15, 0.2) is 17.9 Å². The summed E-state index contributed by atoms with van der Waals surface area (Å²) in [4.78, 5) is 10.8. The van der Waals surface area contributed by atoms with Crippen molar-refractivity contribution in [3.05, 3.63) is 57.8 Å². The van der Waals surface area contributed by atoms with Crippen LogP contribution in [0, 0.1) is 17.5 Å². The first-order valence-corrected chi connectivity index (χ1v) is 5.97. The Hall–Kier alpha value is -1.82. The first kappa shape index (κ1) is 13.6. The summed E-state index contributed by atoms with van der Waals surface area (Å²) in [6.07, 6.45) is 0.363. The van der Waals surface area contributed by atoms with E-state index in [4.69, 9.17) is 0 Å². The zero-order valence-electron chi connectivity index (χ0n) is 9.38. The lowest BCUT2D eigenvalue weighted by Crippen LogP contribution is -2.02. The Labute approximate surface area is 115 Å². The number of hydrogen-bond acceptors (Lipinski definition) is 2. The van der Waals surface area contributed by atoms with E-state index in [-0.39, 0.29) is 11.3 Å². The van der Waals surface area contributed by atoms with Gasteiger partial charge in [-0.15, -0.1) is 0 Å². The molecule has 0 radical (unpaired) electrons. The van der Waals surface area contributed by atoms with Gasteiger partial charge in [0, 0.05) is 10.0 Å². The lowest BCUT2D eigenvalue weighted by atomic mass is 10.1. The molecule has 1 N–H and O–H groups in total. The van der Waals surface area contributed by atoms with Crippen molar-refractivity contribution >= 4 is 33.6 Å². The molecule has 0 fully saturated rings. The zero-order chi connectivity index (χ0) is 14.0. The van der Waals surface area contributed by atoms with E-state index in [2.05, 4.69) is 21.2 Å². The Morgan fingerprint density at radius 3 is 2.42 bits per heavy atom. The summed E-state index contributed by atoms with van der Waals surface area (Å²) in [6, 6.07) is 5.99. The highest BCUT2D eigenvalue weighted by molar-refractivity contribution is 9.10. The average Bonchev–Trinajstić information content (AvgIpc) is 2.38. The molecular formula is C13H7BrF3NO. The average molecular weight is 330 g/mol. The van der Waals surface area contributed by atoms with Crippen LogP contribution in [-0.4, -0.2) is 6.29 Å². The van der Waals surface area contributed by atoms with E-state index in [1.165, 1.54) is 18.2 Å². The third-order valence-electron chi connectivity index (χ3n) is 2.44. The number of benzene rings is 2. The third kappa shape index (κ3) is 2.78. The second kappa shape index (κ2) is 5.44. The second-order valence-electron chi connectivity index (χ2n) is 3.69. The Balaban J connectivity index is 2.48. The van der Waals surface area contributed by atoms with Gasteiger partial charge in [-0.3, -0.25) is 4.79 Å². The Kier molecular flexibility index (Phi) is 3.90. The van der Waals surface area contributed by atoms with Gasteiger partial charge < -0.3 is 5.32 Å².